The smallest absolute Gasteiger partial charge is 0.0541 e. The maximum Gasteiger partial charge on any atom is 0.0541 e. The van der Waals surface area contributed by atoms with Crippen molar-refractivity contribution >= 4 is 38.8 Å². The van der Waals surface area contributed by atoms with Crippen LogP contribution in [0.1, 0.15) is 11.1 Å². The zero-order chi connectivity index (χ0) is 35.0. The van der Waals surface area contributed by atoms with Crippen LogP contribution >= 0.6 is 0 Å². The summed E-state index contributed by atoms with van der Waals surface area (Å²) in [6.07, 6.45) is 8.47. The van der Waals surface area contributed by atoms with Gasteiger partial charge in [0.25, 0.3) is 0 Å². The van der Waals surface area contributed by atoms with Gasteiger partial charge in [0.05, 0.1) is 11.0 Å². The number of hydrogen-bond donors (Lipinski definition) is 0. The first-order valence-electron chi connectivity index (χ1n) is 17.9. The fourth-order valence-corrected chi connectivity index (χ4v) is 7.71. The molecule has 0 bridgehead atoms. The number of aromatic nitrogens is 1. The van der Waals surface area contributed by atoms with Crippen molar-refractivity contribution in [3.8, 4) is 39.1 Å². The van der Waals surface area contributed by atoms with E-state index in [0.29, 0.717) is 0 Å². The lowest BCUT2D eigenvalue weighted by atomic mass is 9.95. The van der Waals surface area contributed by atoms with Crippen LogP contribution in [0.3, 0.4) is 0 Å². The summed E-state index contributed by atoms with van der Waals surface area (Å²) in [7, 11) is 0. The van der Waals surface area contributed by atoms with E-state index in [2.05, 4.69) is 211 Å². The Morgan fingerprint density at radius 1 is 0.481 bits per heavy atom. The van der Waals surface area contributed by atoms with Crippen LogP contribution in [-0.2, 0) is 0 Å². The Morgan fingerprint density at radius 2 is 1.04 bits per heavy atom. The van der Waals surface area contributed by atoms with E-state index in [1.165, 1.54) is 72.1 Å². The molecule has 248 valence electrons. The summed E-state index contributed by atoms with van der Waals surface area (Å²) >= 11 is 0. The molecule has 0 aliphatic carbocycles. The number of nitrogens with zero attached hydrogens (tertiary/aromatic N) is 2. The predicted octanol–water partition coefficient (Wildman–Crippen LogP) is 13.4. The summed E-state index contributed by atoms with van der Waals surface area (Å²) in [6, 6.07) is 59.5. The molecule has 0 saturated carbocycles. The molecule has 0 amide bonds. The molecule has 0 spiro atoms. The summed E-state index contributed by atoms with van der Waals surface area (Å²) in [5.74, 6) is 0. The molecule has 2 nitrogen and oxygen atoms in total. The lowest BCUT2D eigenvalue weighted by Gasteiger charge is -2.28. The number of allylic oxidation sites excluding steroid dienone is 4. The van der Waals surface area contributed by atoms with Crippen LogP contribution in [0, 0.1) is 6.92 Å². The minimum Gasteiger partial charge on any atom is -0.337 e. The molecule has 8 aromatic rings. The Bertz CT molecular complexity index is 2630. The van der Waals surface area contributed by atoms with Gasteiger partial charge in [0.2, 0.25) is 0 Å². The highest BCUT2D eigenvalue weighted by molar-refractivity contribution is 6.09. The van der Waals surface area contributed by atoms with Crippen LogP contribution in [-0.4, -0.2) is 11.1 Å². The minimum absolute atomic E-state index is 0.781. The monoisotopic (exact) mass is 666 g/mol. The summed E-state index contributed by atoms with van der Waals surface area (Å²) < 4.78 is 2.37. The van der Waals surface area contributed by atoms with Gasteiger partial charge in [-0.25, -0.2) is 0 Å². The molecule has 1 aromatic heterocycles. The van der Waals surface area contributed by atoms with Crippen molar-refractivity contribution in [1.82, 2.24) is 4.57 Å². The van der Waals surface area contributed by atoms with E-state index in [0.717, 1.165) is 23.4 Å². The van der Waals surface area contributed by atoms with Crippen molar-refractivity contribution in [2.45, 2.75) is 6.92 Å². The number of hydrogen-bond acceptors (Lipinski definition) is 1. The molecular formula is C50H38N2. The van der Waals surface area contributed by atoms with Crippen LogP contribution in [0.25, 0.3) is 66.4 Å². The minimum atomic E-state index is 0.781. The Hall–Kier alpha value is -6.64. The van der Waals surface area contributed by atoms with Gasteiger partial charge in [0, 0.05) is 39.9 Å². The Kier molecular flexibility index (Phi) is 7.98. The third-order valence-electron chi connectivity index (χ3n) is 10.3. The van der Waals surface area contributed by atoms with Gasteiger partial charge in [-0.05, 0) is 106 Å². The Morgan fingerprint density at radius 3 is 1.69 bits per heavy atom. The first kappa shape index (κ1) is 31.3. The van der Waals surface area contributed by atoms with Crippen molar-refractivity contribution in [3.05, 3.63) is 206 Å². The van der Waals surface area contributed by atoms with Crippen LogP contribution in [0.15, 0.2) is 195 Å². The van der Waals surface area contributed by atoms with Crippen LogP contribution in [0.4, 0.5) is 11.4 Å². The molecule has 0 N–H and O–H groups in total. The summed E-state index contributed by atoms with van der Waals surface area (Å²) in [5.41, 5.74) is 16.6. The third kappa shape index (κ3) is 5.65. The number of fused-ring (bicyclic) bond motifs is 4. The van der Waals surface area contributed by atoms with Crippen LogP contribution in [0.5, 0.6) is 0 Å². The van der Waals surface area contributed by atoms with E-state index in [9.17, 15) is 0 Å². The standard InChI is InChI=1S/C50H38N2/c1-35-14-4-3-11-31-51(48-22-8-5-19-44(35)48)47-30-27-42(32-36(47)2)41-18-13-17-40(34-41)39-16-12-15-38(33-39)37-25-28-43(29-26-37)52-49-23-9-6-20-45(49)46-21-7-10-24-50(46)52/h3-30,32-34H,1,31H2,2H3/b11-3-,14-4-. The molecule has 52 heavy (non-hydrogen) atoms. The van der Waals surface area contributed by atoms with Gasteiger partial charge in [0.1, 0.15) is 0 Å². The molecular weight excluding hydrogens is 629 g/mol. The normalized spacial score (nSPS) is 14.1. The SMILES string of the molecule is C=C1/C=C\C=C/CN(c2ccc(-c3cccc(-c4cccc(-c5ccc(-n6c7ccccc7c7ccccc76)cc5)c4)c3)cc2C)c2ccccc21. The van der Waals surface area contributed by atoms with Gasteiger partial charge in [-0.1, -0.05) is 140 Å². The van der Waals surface area contributed by atoms with Crippen molar-refractivity contribution in [1.29, 1.82) is 0 Å². The first-order valence-corrected chi connectivity index (χ1v) is 17.9. The van der Waals surface area contributed by atoms with Gasteiger partial charge in [-0.2, -0.15) is 0 Å². The largest absolute Gasteiger partial charge is 0.337 e. The van der Waals surface area contributed by atoms with Gasteiger partial charge in [-0.15, -0.1) is 0 Å². The summed E-state index contributed by atoms with van der Waals surface area (Å²) in [5, 5.41) is 2.55. The molecule has 2 heteroatoms. The topological polar surface area (TPSA) is 8.17 Å². The predicted molar refractivity (Wildman–Crippen MR) is 223 cm³/mol. The second kappa shape index (κ2) is 13.2. The van der Waals surface area contributed by atoms with E-state index in [1.54, 1.807) is 0 Å². The first-order chi connectivity index (χ1) is 25.6. The lowest BCUT2D eigenvalue weighted by molar-refractivity contribution is 1.08. The highest BCUT2D eigenvalue weighted by atomic mass is 15.1. The zero-order valence-electron chi connectivity index (χ0n) is 29.2. The number of benzene rings is 7. The molecule has 1 aliphatic rings. The van der Waals surface area contributed by atoms with Gasteiger partial charge in [-0.3, -0.25) is 0 Å². The maximum atomic E-state index is 4.34. The zero-order valence-corrected chi connectivity index (χ0v) is 29.2. The number of para-hydroxylation sites is 3. The highest BCUT2D eigenvalue weighted by Crippen LogP contribution is 2.38. The fourth-order valence-electron chi connectivity index (χ4n) is 7.71. The van der Waals surface area contributed by atoms with Crippen LogP contribution in [0.2, 0.25) is 0 Å². The van der Waals surface area contributed by atoms with Gasteiger partial charge < -0.3 is 9.47 Å². The second-order valence-electron chi connectivity index (χ2n) is 13.5. The number of rotatable bonds is 5. The molecule has 0 saturated heterocycles. The number of anilines is 2. The van der Waals surface area contributed by atoms with Crippen molar-refractivity contribution < 1.29 is 0 Å². The average Bonchev–Trinajstić information content (AvgIpc) is 3.57. The van der Waals surface area contributed by atoms with Crippen molar-refractivity contribution in [2.24, 2.45) is 0 Å². The quantitative estimate of drug-likeness (QED) is 0.177. The molecule has 9 rings (SSSR count). The average molecular weight is 667 g/mol. The van der Waals surface area contributed by atoms with Crippen molar-refractivity contribution in [3.63, 3.8) is 0 Å². The van der Waals surface area contributed by atoms with E-state index >= 15 is 0 Å². The van der Waals surface area contributed by atoms with E-state index in [4.69, 9.17) is 0 Å². The third-order valence-corrected chi connectivity index (χ3v) is 10.3. The molecule has 2 heterocycles. The van der Waals surface area contributed by atoms with Gasteiger partial charge in [0.15, 0.2) is 0 Å². The van der Waals surface area contributed by atoms with E-state index in [-0.39, 0.29) is 0 Å². The molecule has 0 atom stereocenters. The Labute approximate surface area is 305 Å². The van der Waals surface area contributed by atoms with Gasteiger partial charge >= 0.3 is 0 Å². The Balaban J connectivity index is 1.01. The highest BCUT2D eigenvalue weighted by Gasteiger charge is 2.17. The summed E-state index contributed by atoms with van der Waals surface area (Å²) in [6.45, 7) is 7.34. The fraction of sp³-hybridized carbons (Fsp3) is 0.0400. The van der Waals surface area contributed by atoms with Crippen LogP contribution < -0.4 is 4.90 Å². The number of aryl methyl sites for hydroxylation is 1. The summed E-state index contributed by atoms with van der Waals surface area (Å²) in [4.78, 5) is 2.39. The molecule has 0 unspecified atom stereocenters. The van der Waals surface area contributed by atoms with Crippen molar-refractivity contribution in [2.75, 3.05) is 11.4 Å². The molecule has 7 aromatic carbocycles. The molecule has 0 radical (unpaired) electrons. The van der Waals surface area contributed by atoms with E-state index in [1.807, 2.05) is 0 Å². The second-order valence-corrected chi connectivity index (χ2v) is 13.5. The van der Waals surface area contributed by atoms with E-state index < -0.39 is 0 Å². The lowest BCUT2D eigenvalue weighted by Crippen LogP contribution is -2.19. The molecule has 1 aliphatic heterocycles. The molecule has 0 fully saturated rings. The maximum absolute atomic E-state index is 4.34.